The zero-order valence-corrected chi connectivity index (χ0v) is 10.9. The van der Waals surface area contributed by atoms with Crippen molar-refractivity contribution >= 4 is 23.3 Å². The van der Waals surface area contributed by atoms with Crippen LogP contribution in [0.15, 0.2) is 12.1 Å². The Balaban J connectivity index is 2.31. The standard InChI is InChI=1S/C13H12F2N2O3/c1-16(2)10(18)3-4-17-9-6-7(14)5-8(15)11(9)12(19)13(17)20/h5-6H,3-4H2,1-2H3. The van der Waals surface area contributed by atoms with Gasteiger partial charge < -0.3 is 9.80 Å². The van der Waals surface area contributed by atoms with Gasteiger partial charge in [0, 0.05) is 33.1 Å². The first kappa shape index (κ1) is 14.1. The minimum absolute atomic E-state index is 0.0381. The highest BCUT2D eigenvalue weighted by Gasteiger charge is 2.38. The SMILES string of the molecule is CN(C)C(=O)CCN1C(=O)C(=O)c2c(F)cc(F)cc21. The molecule has 0 unspecified atom stereocenters. The van der Waals surface area contributed by atoms with Crippen LogP contribution in [-0.2, 0) is 9.59 Å². The number of benzene rings is 1. The van der Waals surface area contributed by atoms with Crippen molar-refractivity contribution in [2.75, 3.05) is 25.5 Å². The number of hydrogen-bond acceptors (Lipinski definition) is 3. The molecule has 5 nitrogen and oxygen atoms in total. The van der Waals surface area contributed by atoms with Gasteiger partial charge in [-0.05, 0) is 6.07 Å². The lowest BCUT2D eigenvalue weighted by Crippen LogP contribution is -2.34. The van der Waals surface area contributed by atoms with Gasteiger partial charge in [-0.2, -0.15) is 0 Å². The highest BCUT2D eigenvalue weighted by atomic mass is 19.1. The van der Waals surface area contributed by atoms with Gasteiger partial charge in [-0.3, -0.25) is 14.4 Å². The molecule has 20 heavy (non-hydrogen) atoms. The fourth-order valence-electron chi connectivity index (χ4n) is 1.99. The van der Waals surface area contributed by atoms with Crippen LogP contribution in [0.3, 0.4) is 0 Å². The lowest BCUT2D eigenvalue weighted by molar-refractivity contribution is -0.128. The van der Waals surface area contributed by atoms with Crippen LogP contribution in [0.1, 0.15) is 16.8 Å². The maximum absolute atomic E-state index is 13.6. The van der Waals surface area contributed by atoms with Gasteiger partial charge in [0.05, 0.1) is 11.3 Å². The molecule has 2 rings (SSSR count). The Labute approximate surface area is 113 Å². The van der Waals surface area contributed by atoms with Gasteiger partial charge in [-0.15, -0.1) is 0 Å². The van der Waals surface area contributed by atoms with Crippen LogP contribution in [0.2, 0.25) is 0 Å². The summed E-state index contributed by atoms with van der Waals surface area (Å²) in [4.78, 5) is 37.2. The topological polar surface area (TPSA) is 57.7 Å². The Kier molecular flexibility index (Phi) is 3.52. The van der Waals surface area contributed by atoms with Crippen molar-refractivity contribution in [2.24, 2.45) is 0 Å². The van der Waals surface area contributed by atoms with Crippen molar-refractivity contribution in [1.82, 2.24) is 4.90 Å². The Morgan fingerprint density at radius 3 is 2.50 bits per heavy atom. The molecule has 1 aliphatic rings. The van der Waals surface area contributed by atoms with Crippen molar-refractivity contribution in [3.63, 3.8) is 0 Å². The van der Waals surface area contributed by atoms with Crippen molar-refractivity contribution in [2.45, 2.75) is 6.42 Å². The smallest absolute Gasteiger partial charge is 0.299 e. The first-order valence-corrected chi connectivity index (χ1v) is 5.88. The quantitative estimate of drug-likeness (QED) is 0.776. The average molecular weight is 282 g/mol. The summed E-state index contributed by atoms with van der Waals surface area (Å²) < 4.78 is 26.8. The fraction of sp³-hybridized carbons (Fsp3) is 0.308. The molecule has 0 aromatic heterocycles. The molecule has 7 heteroatoms. The summed E-state index contributed by atoms with van der Waals surface area (Å²) in [7, 11) is 3.10. The third-order valence-corrected chi connectivity index (χ3v) is 3.04. The number of carbonyl (C=O) groups excluding carboxylic acids is 3. The van der Waals surface area contributed by atoms with E-state index in [2.05, 4.69) is 0 Å². The van der Waals surface area contributed by atoms with E-state index < -0.39 is 28.9 Å². The molecule has 0 radical (unpaired) electrons. The first-order chi connectivity index (χ1) is 9.32. The summed E-state index contributed by atoms with van der Waals surface area (Å²) in [6.07, 6.45) is -0.0381. The summed E-state index contributed by atoms with van der Waals surface area (Å²) in [5.41, 5.74) is -0.558. The van der Waals surface area contributed by atoms with Gasteiger partial charge >= 0.3 is 0 Å². The molecule has 1 aromatic rings. The van der Waals surface area contributed by atoms with Gasteiger partial charge in [-0.1, -0.05) is 0 Å². The zero-order chi connectivity index (χ0) is 15.0. The van der Waals surface area contributed by atoms with Crippen LogP contribution < -0.4 is 4.90 Å². The van der Waals surface area contributed by atoms with Crippen molar-refractivity contribution < 1.29 is 23.2 Å². The van der Waals surface area contributed by atoms with E-state index >= 15 is 0 Å². The monoisotopic (exact) mass is 282 g/mol. The van der Waals surface area contributed by atoms with Gasteiger partial charge in [0.15, 0.2) is 0 Å². The highest BCUT2D eigenvalue weighted by molar-refractivity contribution is 6.52. The van der Waals surface area contributed by atoms with E-state index in [0.29, 0.717) is 6.07 Å². The van der Waals surface area contributed by atoms with E-state index in [1.54, 1.807) is 14.1 Å². The summed E-state index contributed by atoms with van der Waals surface area (Å²) in [5, 5.41) is 0. The molecule has 0 fully saturated rings. The molecule has 0 N–H and O–H groups in total. The molecule has 0 saturated carbocycles. The predicted octanol–water partition coefficient (Wildman–Crippen LogP) is 0.972. The van der Waals surface area contributed by atoms with Crippen molar-refractivity contribution in [1.29, 1.82) is 0 Å². The lowest BCUT2D eigenvalue weighted by Gasteiger charge is -2.17. The molecule has 0 bridgehead atoms. The van der Waals surface area contributed by atoms with Crippen LogP contribution in [0, 0.1) is 11.6 Å². The molecule has 1 aliphatic heterocycles. The number of hydrogen-bond donors (Lipinski definition) is 0. The third kappa shape index (κ3) is 2.26. The molecular formula is C13H12F2N2O3. The van der Waals surface area contributed by atoms with E-state index in [4.69, 9.17) is 0 Å². The van der Waals surface area contributed by atoms with E-state index in [-0.39, 0.29) is 24.6 Å². The Morgan fingerprint density at radius 2 is 1.90 bits per heavy atom. The lowest BCUT2D eigenvalue weighted by atomic mass is 10.1. The minimum Gasteiger partial charge on any atom is -0.349 e. The number of fused-ring (bicyclic) bond motifs is 1. The normalized spacial score (nSPS) is 13.7. The Morgan fingerprint density at radius 1 is 1.25 bits per heavy atom. The number of Topliss-reactive ketones (excluding diaryl/α,β-unsaturated/α-hetero) is 1. The summed E-state index contributed by atoms with van der Waals surface area (Å²) in [6.45, 7) is -0.0997. The van der Waals surface area contributed by atoms with Gasteiger partial charge in [-0.25, -0.2) is 8.78 Å². The minimum atomic E-state index is -1.07. The van der Waals surface area contributed by atoms with E-state index in [1.807, 2.05) is 0 Å². The maximum atomic E-state index is 13.6. The predicted molar refractivity (Wildman–Crippen MR) is 66.4 cm³/mol. The second-order valence-corrected chi connectivity index (χ2v) is 4.61. The van der Waals surface area contributed by atoms with E-state index in [0.717, 1.165) is 11.0 Å². The van der Waals surface area contributed by atoms with E-state index in [9.17, 15) is 23.2 Å². The highest BCUT2D eigenvalue weighted by Crippen LogP contribution is 2.32. The van der Waals surface area contributed by atoms with Crippen LogP contribution in [0.4, 0.5) is 14.5 Å². The van der Waals surface area contributed by atoms with Gasteiger partial charge in [0.25, 0.3) is 11.7 Å². The molecular weight excluding hydrogens is 270 g/mol. The number of rotatable bonds is 3. The molecule has 1 aromatic carbocycles. The average Bonchev–Trinajstić information content (AvgIpc) is 2.59. The Bertz CT molecular complexity index is 614. The zero-order valence-electron chi connectivity index (χ0n) is 10.9. The largest absolute Gasteiger partial charge is 0.349 e. The van der Waals surface area contributed by atoms with E-state index in [1.165, 1.54) is 4.90 Å². The summed E-state index contributed by atoms with van der Waals surface area (Å²) >= 11 is 0. The van der Waals surface area contributed by atoms with Crippen LogP contribution in [0.5, 0.6) is 0 Å². The third-order valence-electron chi connectivity index (χ3n) is 3.04. The molecule has 1 heterocycles. The van der Waals surface area contributed by atoms with Gasteiger partial charge in [0.1, 0.15) is 11.6 Å². The number of halogens is 2. The van der Waals surface area contributed by atoms with Crippen molar-refractivity contribution in [3.05, 3.63) is 29.3 Å². The van der Waals surface area contributed by atoms with Gasteiger partial charge in [0.2, 0.25) is 5.91 Å². The summed E-state index contributed by atoms with van der Waals surface area (Å²) in [6, 6.07) is 1.47. The Hall–Kier alpha value is -2.31. The number of nitrogens with zero attached hydrogens (tertiary/aromatic N) is 2. The maximum Gasteiger partial charge on any atom is 0.299 e. The molecule has 106 valence electrons. The number of ketones is 1. The molecule has 0 spiro atoms. The number of anilines is 1. The molecule has 2 amide bonds. The molecule has 0 atom stereocenters. The van der Waals surface area contributed by atoms with Crippen LogP contribution in [0.25, 0.3) is 0 Å². The summed E-state index contributed by atoms with van der Waals surface area (Å²) in [5.74, 6) is -4.17. The second kappa shape index (κ2) is 4.99. The number of carbonyl (C=O) groups is 3. The van der Waals surface area contributed by atoms with Crippen LogP contribution in [-0.4, -0.2) is 43.1 Å². The second-order valence-electron chi connectivity index (χ2n) is 4.61. The van der Waals surface area contributed by atoms with Crippen molar-refractivity contribution in [3.8, 4) is 0 Å². The molecule has 0 saturated heterocycles. The molecule has 0 aliphatic carbocycles. The fourth-order valence-corrected chi connectivity index (χ4v) is 1.99. The first-order valence-electron chi connectivity index (χ1n) is 5.88. The van der Waals surface area contributed by atoms with Crippen LogP contribution >= 0.6 is 0 Å². The number of amides is 2.